The van der Waals surface area contributed by atoms with E-state index in [2.05, 4.69) is 45.9 Å². The van der Waals surface area contributed by atoms with Gasteiger partial charge in [-0.25, -0.2) is 0 Å². The molecular weight excluding hydrogens is 194 g/mol. The molecule has 0 heterocycles. The summed E-state index contributed by atoms with van der Waals surface area (Å²) in [6.07, 6.45) is 2.30. The molecule has 90 valence electrons. The zero-order valence-electron chi connectivity index (χ0n) is 11.1. The van der Waals surface area contributed by atoms with Gasteiger partial charge in [0.05, 0.1) is 0 Å². The molecule has 1 rings (SSSR count). The van der Waals surface area contributed by atoms with Crippen molar-refractivity contribution in [3.05, 3.63) is 34.9 Å². The zero-order valence-corrected chi connectivity index (χ0v) is 11.1. The van der Waals surface area contributed by atoms with Crippen LogP contribution in [0.4, 0.5) is 0 Å². The summed E-state index contributed by atoms with van der Waals surface area (Å²) < 4.78 is 0. The number of hydrogen-bond acceptors (Lipinski definition) is 1. The van der Waals surface area contributed by atoms with Crippen LogP contribution in [0.25, 0.3) is 0 Å². The standard InChI is InChI=1S/C15H25N/c1-11(2)14(7-8-16)10-15-9-12(3)5-6-13(15)4/h5-6,9,11,14H,7-8,10,16H2,1-4H3. The van der Waals surface area contributed by atoms with Gasteiger partial charge >= 0.3 is 0 Å². The lowest BCUT2D eigenvalue weighted by atomic mass is 9.85. The Morgan fingerprint density at radius 2 is 1.88 bits per heavy atom. The summed E-state index contributed by atoms with van der Waals surface area (Å²) in [4.78, 5) is 0. The first kappa shape index (κ1) is 13.2. The van der Waals surface area contributed by atoms with E-state index in [0.717, 1.165) is 13.0 Å². The summed E-state index contributed by atoms with van der Waals surface area (Å²) >= 11 is 0. The van der Waals surface area contributed by atoms with E-state index in [4.69, 9.17) is 5.73 Å². The smallest absolute Gasteiger partial charge is 0.00744 e. The Balaban J connectivity index is 2.80. The Kier molecular flexibility index (Phi) is 5.01. The molecule has 0 radical (unpaired) electrons. The normalized spacial score (nSPS) is 13.1. The topological polar surface area (TPSA) is 26.0 Å². The molecule has 1 atom stereocenters. The van der Waals surface area contributed by atoms with Crippen molar-refractivity contribution < 1.29 is 0 Å². The highest BCUT2D eigenvalue weighted by Crippen LogP contribution is 2.22. The molecule has 0 aliphatic rings. The molecule has 1 nitrogen and oxygen atoms in total. The second-order valence-electron chi connectivity index (χ2n) is 5.22. The zero-order chi connectivity index (χ0) is 12.1. The summed E-state index contributed by atoms with van der Waals surface area (Å²) in [5.41, 5.74) is 9.95. The minimum atomic E-state index is 0.712. The van der Waals surface area contributed by atoms with Gasteiger partial charge in [0.15, 0.2) is 0 Å². The number of rotatable bonds is 5. The molecule has 1 unspecified atom stereocenters. The first-order valence-electron chi connectivity index (χ1n) is 6.30. The van der Waals surface area contributed by atoms with E-state index in [1.807, 2.05) is 0 Å². The van der Waals surface area contributed by atoms with Gasteiger partial charge in [-0.1, -0.05) is 37.6 Å². The maximum atomic E-state index is 5.69. The summed E-state index contributed by atoms with van der Waals surface area (Å²) in [5.74, 6) is 1.42. The SMILES string of the molecule is Cc1ccc(C)c(CC(CCN)C(C)C)c1. The fourth-order valence-electron chi connectivity index (χ4n) is 2.19. The van der Waals surface area contributed by atoms with Gasteiger partial charge in [-0.2, -0.15) is 0 Å². The molecule has 0 saturated carbocycles. The molecular formula is C15H25N. The molecule has 0 amide bonds. The molecule has 0 aliphatic carbocycles. The van der Waals surface area contributed by atoms with Crippen LogP contribution in [0.1, 0.15) is 37.0 Å². The van der Waals surface area contributed by atoms with E-state index in [1.165, 1.54) is 23.1 Å². The number of hydrogen-bond donors (Lipinski definition) is 1. The van der Waals surface area contributed by atoms with E-state index in [0.29, 0.717) is 11.8 Å². The van der Waals surface area contributed by atoms with E-state index in [1.54, 1.807) is 0 Å². The molecule has 16 heavy (non-hydrogen) atoms. The third kappa shape index (κ3) is 3.64. The Hall–Kier alpha value is -0.820. The van der Waals surface area contributed by atoms with Crippen LogP contribution in [0.5, 0.6) is 0 Å². The molecule has 0 aliphatic heterocycles. The fourth-order valence-corrected chi connectivity index (χ4v) is 2.19. The van der Waals surface area contributed by atoms with Gasteiger partial charge in [-0.3, -0.25) is 0 Å². The van der Waals surface area contributed by atoms with Crippen molar-refractivity contribution in [2.24, 2.45) is 17.6 Å². The highest BCUT2D eigenvalue weighted by Gasteiger charge is 2.14. The van der Waals surface area contributed by atoms with E-state index in [-0.39, 0.29) is 0 Å². The molecule has 0 saturated heterocycles. The van der Waals surface area contributed by atoms with E-state index < -0.39 is 0 Å². The van der Waals surface area contributed by atoms with E-state index in [9.17, 15) is 0 Å². The molecule has 0 aromatic heterocycles. The lowest BCUT2D eigenvalue weighted by molar-refractivity contribution is 0.361. The molecule has 1 aromatic rings. The Morgan fingerprint density at radius 3 is 2.44 bits per heavy atom. The number of aryl methyl sites for hydroxylation is 2. The van der Waals surface area contributed by atoms with Crippen LogP contribution in [0.2, 0.25) is 0 Å². The maximum Gasteiger partial charge on any atom is -0.00744 e. The molecule has 1 aromatic carbocycles. The van der Waals surface area contributed by atoms with Gasteiger partial charge in [0.25, 0.3) is 0 Å². The average Bonchev–Trinajstić information content (AvgIpc) is 2.22. The largest absolute Gasteiger partial charge is 0.330 e. The average molecular weight is 219 g/mol. The van der Waals surface area contributed by atoms with Gasteiger partial charge in [0.2, 0.25) is 0 Å². The molecule has 0 bridgehead atoms. The predicted molar refractivity (Wildman–Crippen MR) is 71.6 cm³/mol. The first-order chi connectivity index (χ1) is 7.54. The van der Waals surface area contributed by atoms with Gasteiger partial charge in [0, 0.05) is 0 Å². The second kappa shape index (κ2) is 6.05. The van der Waals surface area contributed by atoms with Crippen molar-refractivity contribution in [2.45, 2.75) is 40.5 Å². The Bertz CT molecular complexity index is 328. The van der Waals surface area contributed by atoms with Crippen LogP contribution in [0.15, 0.2) is 18.2 Å². The van der Waals surface area contributed by atoms with Crippen LogP contribution in [-0.4, -0.2) is 6.54 Å². The number of nitrogens with two attached hydrogens (primary N) is 1. The summed E-state index contributed by atoms with van der Waals surface area (Å²) in [6, 6.07) is 6.73. The van der Waals surface area contributed by atoms with Gasteiger partial charge in [-0.05, 0) is 56.2 Å². The molecule has 0 spiro atoms. The Morgan fingerprint density at radius 1 is 1.19 bits per heavy atom. The third-order valence-electron chi connectivity index (χ3n) is 3.47. The van der Waals surface area contributed by atoms with Crippen molar-refractivity contribution in [2.75, 3.05) is 6.54 Å². The first-order valence-corrected chi connectivity index (χ1v) is 6.30. The monoisotopic (exact) mass is 219 g/mol. The fraction of sp³-hybridized carbons (Fsp3) is 0.600. The lowest BCUT2D eigenvalue weighted by Crippen LogP contribution is -2.17. The van der Waals surface area contributed by atoms with Crippen LogP contribution >= 0.6 is 0 Å². The predicted octanol–water partition coefficient (Wildman–Crippen LogP) is 3.47. The van der Waals surface area contributed by atoms with Gasteiger partial charge in [0.1, 0.15) is 0 Å². The minimum Gasteiger partial charge on any atom is -0.330 e. The summed E-state index contributed by atoms with van der Waals surface area (Å²) in [7, 11) is 0. The number of benzene rings is 1. The van der Waals surface area contributed by atoms with Crippen molar-refractivity contribution in [1.82, 2.24) is 0 Å². The van der Waals surface area contributed by atoms with Crippen LogP contribution < -0.4 is 5.73 Å². The third-order valence-corrected chi connectivity index (χ3v) is 3.47. The van der Waals surface area contributed by atoms with Crippen LogP contribution in [0, 0.1) is 25.7 Å². The van der Waals surface area contributed by atoms with Crippen molar-refractivity contribution in [3.63, 3.8) is 0 Å². The lowest BCUT2D eigenvalue weighted by Gasteiger charge is -2.21. The summed E-state index contributed by atoms with van der Waals surface area (Å²) in [5, 5.41) is 0. The van der Waals surface area contributed by atoms with Crippen molar-refractivity contribution >= 4 is 0 Å². The highest BCUT2D eigenvalue weighted by atomic mass is 14.5. The van der Waals surface area contributed by atoms with Gasteiger partial charge < -0.3 is 5.73 Å². The molecule has 1 heteroatoms. The molecule has 0 fully saturated rings. The quantitative estimate of drug-likeness (QED) is 0.806. The van der Waals surface area contributed by atoms with E-state index >= 15 is 0 Å². The Labute approximate surface area is 100 Å². The van der Waals surface area contributed by atoms with Gasteiger partial charge in [-0.15, -0.1) is 0 Å². The highest BCUT2D eigenvalue weighted by molar-refractivity contribution is 5.30. The summed E-state index contributed by atoms with van der Waals surface area (Å²) in [6.45, 7) is 9.76. The van der Waals surface area contributed by atoms with Crippen LogP contribution in [-0.2, 0) is 6.42 Å². The second-order valence-corrected chi connectivity index (χ2v) is 5.22. The van der Waals surface area contributed by atoms with Crippen molar-refractivity contribution in [3.8, 4) is 0 Å². The minimum absolute atomic E-state index is 0.712. The maximum absolute atomic E-state index is 5.69. The molecule has 2 N–H and O–H groups in total. The van der Waals surface area contributed by atoms with Crippen LogP contribution in [0.3, 0.4) is 0 Å². The van der Waals surface area contributed by atoms with Crippen molar-refractivity contribution in [1.29, 1.82) is 0 Å².